The fourth-order valence-corrected chi connectivity index (χ4v) is 5.85. The van der Waals surface area contributed by atoms with Gasteiger partial charge in [0, 0.05) is 36.2 Å². The van der Waals surface area contributed by atoms with Crippen LogP contribution in [-0.2, 0) is 6.54 Å². The monoisotopic (exact) mass is 370 g/mol. The highest BCUT2D eigenvalue weighted by molar-refractivity contribution is 6.30. The summed E-state index contributed by atoms with van der Waals surface area (Å²) in [7, 11) is 0. The molecule has 0 bridgehead atoms. The lowest BCUT2D eigenvalue weighted by molar-refractivity contribution is 0.131. The van der Waals surface area contributed by atoms with Gasteiger partial charge in [0.05, 0.1) is 0 Å². The van der Waals surface area contributed by atoms with Crippen molar-refractivity contribution in [2.24, 2.45) is 5.92 Å². The molecule has 0 amide bonds. The van der Waals surface area contributed by atoms with Crippen molar-refractivity contribution in [3.05, 3.63) is 70.5 Å². The molecule has 3 atom stereocenters. The summed E-state index contributed by atoms with van der Waals surface area (Å²) in [6.07, 6.45) is 3.84. The molecule has 4 heteroatoms. The minimum Gasteiger partial charge on any atom is -0.297 e. The van der Waals surface area contributed by atoms with Crippen LogP contribution >= 0.6 is 11.6 Å². The summed E-state index contributed by atoms with van der Waals surface area (Å²) in [5, 5.41) is 0.813. The molecule has 0 radical (unpaired) electrons. The second kappa shape index (κ2) is 6.33. The van der Waals surface area contributed by atoms with Crippen molar-refractivity contribution in [3.8, 4) is 0 Å². The van der Waals surface area contributed by atoms with E-state index < -0.39 is 0 Å². The third-order valence-corrected chi connectivity index (χ3v) is 7.03. The normalized spacial score (nSPS) is 31.3. The first kappa shape index (κ1) is 16.7. The maximum atomic E-state index is 13.2. The molecule has 0 aliphatic carbocycles. The third kappa shape index (κ3) is 2.69. The van der Waals surface area contributed by atoms with Crippen molar-refractivity contribution in [1.82, 2.24) is 9.80 Å². The zero-order chi connectivity index (χ0) is 17.7. The summed E-state index contributed by atoms with van der Waals surface area (Å²) < 4.78 is 13.2. The molecule has 26 heavy (non-hydrogen) atoms. The summed E-state index contributed by atoms with van der Waals surface area (Å²) >= 11 is 6.09. The Labute approximate surface area is 159 Å². The minimum atomic E-state index is -0.154. The highest BCUT2D eigenvalue weighted by Gasteiger charge is 2.59. The van der Waals surface area contributed by atoms with Gasteiger partial charge in [-0.1, -0.05) is 35.9 Å². The Kier molecular flexibility index (Phi) is 4.07. The van der Waals surface area contributed by atoms with E-state index in [-0.39, 0.29) is 5.82 Å². The predicted molar refractivity (Wildman–Crippen MR) is 103 cm³/mol. The van der Waals surface area contributed by atoms with Gasteiger partial charge in [0.15, 0.2) is 0 Å². The second-order valence-electron chi connectivity index (χ2n) is 8.20. The number of halogens is 2. The van der Waals surface area contributed by atoms with Crippen molar-refractivity contribution in [2.75, 3.05) is 19.6 Å². The molecule has 0 N–H and O–H groups in total. The highest BCUT2D eigenvalue weighted by atomic mass is 35.5. The Balaban J connectivity index is 1.35. The minimum absolute atomic E-state index is 0.154. The van der Waals surface area contributed by atoms with E-state index in [0.717, 1.165) is 30.6 Å². The lowest BCUT2D eigenvalue weighted by atomic mass is 9.86. The van der Waals surface area contributed by atoms with Gasteiger partial charge < -0.3 is 0 Å². The first-order chi connectivity index (χ1) is 12.6. The molecular formula is C22H24ClFN2. The Hall–Kier alpha value is -1.42. The summed E-state index contributed by atoms with van der Waals surface area (Å²) in [5.41, 5.74) is 2.96. The van der Waals surface area contributed by atoms with Gasteiger partial charge in [0.25, 0.3) is 0 Å². The molecule has 0 aromatic heterocycles. The smallest absolute Gasteiger partial charge is 0.123 e. The SMILES string of the molecule is Fc1ccc(CN2C[C@@H]3C[C@@H](c4ccc(Cl)cc4)N4CCC[C@]34C2)cc1. The highest BCUT2D eigenvalue weighted by Crippen LogP contribution is 2.55. The summed E-state index contributed by atoms with van der Waals surface area (Å²) in [6, 6.07) is 16.0. The van der Waals surface area contributed by atoms with E-state index in [1.807, 2.05) is 24.3 Å². The van der Waals surface area contributed by atoms with Crippen LogP contribution < -0.4 is 0 Å². The van der Waals surface area contributed by atoms with E-state index in [2.05, 4.69) is 21.9 Å². The summed E-state index contributed by atoms with van der Waals surface area (Å²) in [5.74, 6) is 0.574. The molecule has 136 valence electrons. The lowest BCUT2D eigenvalue weighted by Crippen LogP contribution is -2.45. The number of benzene rings is 2. The van der Waals surface area contributed by atoms with Gasteiger partial charge in [-0.3, -0.25) is 9.80 Å². The van der Waals surface area contributed by atoms with E-state index >= 15 is 0 Å². The Bertz CT molecular complexity index is 791. The van der Waals surface area contributed by atoms with E-state index in [4.69, 9.17) is 11.6 Å². The molecule has 5 rings (SSSR count). The third-order valence-electron chi connectivity index (χ3n) is 6.77. The number of hydrogen-bond donors (Lipinski definition) is 0. The van der Waals surface area contributed by atoms with Gasteiger partial charge in [-0.15, -0.1) is 0 Å². The van der Waals surface area contributed by atoms with Gasteiger partial charge in [-0.25, -0.2) is 4.39 Å². The van der Waals surface area contributed by atoms with Crippen molar-refractivity contribution < 1.29 is 4.39 Å². The lowest BCUT2D eigenvalue weighted by Gasteiger charge is -2.35. The van der Waals surface area contributed by atoms with Crippen LogP contribution in [0.15, 0.2) is 48.5 Å². The Morgan fingerprint density at radius 2 is 1.85 bits per heavy atom. The summed E-state index contributed by atoms with van der Waals surface area (Å²) in [6.45, 7) is 4.42. The quantitative estimate of drug-likeness (QED) is 0.758. The molecule has 3 aliphatic heterocycles. The average molecular weight is 371 g/mol. The topological polar surface area (TPSA) is 6.48 Å². The summed E-state index contributed by atoms with van der Waals surface area (Å²) in [4.78, 5) is 5.36. The number of nitrogens with zero attached hydrogens (tertiary/aromatic N) is 2. The van der Waals surface area contributed by atoms with Crippen molar-refractivity contribution in [2.45, 2.75) is 37.4 Å². The van der Waals surface area contributed by atoms with Gasteiger partial charge in [-0.2, -0.15) is 0 Å². The van der Waals surface area contributed by atoms with Crippen LogP contribution in [0.4, 0.5) is 4.39 Å². The van der Waals surface area contributed by atoms with Crippen LogP contribution in [-0.4, -0.2) is 35.0 Å². The van der Waals surface area contributed by atoms with Gasteiger partial charge >= 0.3 is 0 Å². The zero-order valence-electron chi connectivity index (χ0n) is 14.9. The Morgan fingerprint density at radius 3 is 2.62 bits per heavy atom. The molecule has 0 unspecified atom stereocenters. The fourth-order valence-electron chi connectivity index (χ4n) is 5.72. The molecule has 1 spiro atoms. The molecule has 3 aliphatic rings. The first-order valence-electron chi connectivity index (χ1n) is 9.63. The maximum Gasteiger partial charge on any atom is 0.123 e. The fraction of sp³-hybridized carbons (Fsp3) is 0.455. The van der Waals surface area contributed by atoms with E-state index in [1.54, 1.807) is 12.1 Å². The first-order valence-corrected chi connectivity index (χ1v) is 10.0. The molecule has 2 aromatic carbocycles. The standard InChI is InChI=1S/C22H24ClFN2/c23-19-6-4-17(5-7-19)21-12-18-14-25(13-16-2-8-20(24)9-3-16)15-22(18)10-1-11-26(21)22/h2-9,18,21H,1,10-15H2/t18-,21-,22-/m0/s1. The zero-order valence-corrected chi connectivity index (χ0v) is 15.6. The molecule has 2 nitrogen and oxygen atoms in total. The van der Waals surface area contributed by atoms with Crippen LogP contribution in [0.1, 0.15) is 36.4 Å². The van der Waals surface area contributed by atoms with Crippen molar-refractivity contribution in [3.63, 3.8) is 0 Å². The molecular weight excluding hydrogens is 347 g/mol. The molecule has 3 heterocycles. The maximum absolute atomic E-state index is 13.2. The van der Waals surface area contributed by atoms with Gasteiger partial charge in [0.2, 0.25) is 0 Å². The van der Waals surface area contributed by atoms with E-state index in [1.165, 1.54) is 36.9 Å². The van der Waals surface area contributed by atoms with Crippen molar-refractivity contribution >= 4 is 11.6 Å². The van der Waals surface area contributed by atoms with Gasteiger partial charge in [0.1, 0.15) is 5.82 Å². The van der Waals surface area contributed by atoms with E-state index in [0.29, 0.717) is 11.6 Å². The van der Waals surface area contributed by atoms with Crippen LogP contribution in [0, 0.1) is 11.7 Å². The molecule has 0 saturated carbocycles. The van der Waals surface area contributed by atoms with Crippen molar-refractivity contribution in [1.29, 1.82) is 0 Å². The number of rotatable bonds is 3. The predicted octanol–water partition coefficient (Wildman–Crippen LogP) is 4.89. The van der Waals surface area contributed by atoms with E-state index in [9.17, 15) is 4.39 Å². The largest absolute Gasteiger partial charge is 0.297 e. The second-order valence-corrected chi connectivity index (χ2v) is 8.63. The average Bonchev–Trinajstić information content (AvgIpc) is 3.26. The van der Waals surface area contributed by atoms with Crippen LogP contribution in [0.5, 0.6) is 0 Å². The van der Waals surface area contributed by atoms with Crippen LogP contribution in [0.25, 0.3) is 0 Å². The number of hydrogen-bond acceptors (Lipinski definition) is 2. The molecule has 3 saturated heterocycles. The van der Waals surface area contributed by atoms with Crippen LogP contribution in [0.2, 0.25) is 5.02 Å². The molecule has 2 aromatic rings. The van der Waals surface area contributed by atoms with Gasteiger partial charge in [-0.05, 0) is 67.1 Å². The molecule has 3 fully saturated rings. The Morgan fingerprint density at radius 1 is 1.08 bits per heavy atom. The number of likely N-dealkylation sites (tertiary alicyclic amines) is 1. The van der Waals surface area contributed by atoms with Crippen LogP contribution in [0.3, 0.4) is 0 Å².